The monoisotopic (exact) mass is 333 g/mol. The van der Waals surface area contributed by atoms with Crippen molar-refractivity contribution in [3.8, 4) is 0 Å². The van der Waals surface area contributed by atoms with Crippen LogP contribution in [0, 0.1) is 5.92 Å². The van der Waals surface area contributed by atoms with E-state index >= 15 is 0 Å². The number of carbonyl (C=O) groups excluding carboxylic acids is 1. The number of hydrogen-bond donors (Lipinski definition) is 1. The summed E-state index contributed by atoms with van der Waals surface area (Å²) >= 11 is 0. The van der Waals surface area contributed by atoms with Gasteiger partial charge in [-0.15, -0.1) is 0 Å². The summed E-state index contributed by atoms with van der Waals surface area (Å²) in [5.74, 6) is 0.231. The van der Waals surface area contributed by atoms with Gasteiger partial charge in [0.05, 0.1) is 0 Å². The van der Waals surface area contributed by atoms with E-state index in [-0.39, 0.29) is 24.3 Å². The van der Waals surface area contributed by atoms with Crippen molar-refractivity contribution >= 4 is 5.91 Å². The first-order valence-electron chi connectivity index (χ1n) is 8.46. The molecule has 1 amide bonds. The van der Waals surface area contributed by atoms with Gasteiger partial charge in [-0.3, -0.25) is 4.79 Å². The van der Waals surface area contributed by atoms with Gasteiger partial charge in [-0.05, 0) is 31.4 Å². The zero-order valence-corrected chi connectivity index (χ0v) is 14.6. The SMILES string of the molecule is CCO[C@@H]1OC(C(=O)N(C)C)=C[C@H](c2ccccc2)[C@@H]1CCCO. The average Bonchev–Trinajstić information content (AvgIpc) is 2.60. The average molecular weight is 333 g/mol. The van der Waals surface area contributed by atoms with Crippen molar-refractivity contribution in [3.63, 3.8) is 0 Å². The Bertz CT molecular complexity index is 556. The molecule has 0 saturated heterocycles. The molecule has 0 aliphatic carbocycles. The van der Waals surface area contributed by atoms with Gasteiger partial charge in [0.25, 0.3) is 5.91 Å². The third kappa shape index (κ3) is 4.36. The van der Waals surface area contributed by atoms with Crippen LogP contribution in [-0.2, 0) is 14.3 Å². The van der Waals surface area contributed by atoms with Gasteiger partial charge in [-0.1, -0.05) is 30.3 Å². The molecule has 132 valence electrons. The van der Waals surface area contributed by atoms with E-state index in [1.54, 1.807) is 14.1 Å². The Balaban J connectivity index is 2.39. The highest BCUT2D eigenvalue weighted by molar-refractivity contribution is 5.91. The predicted molar refractivity (Wildman–Crippen MR) is 92.3 cm³/mol. The number of ether oxygens (including phenoxy) is 2. The van der Waals surface area contributed by atoms with Crippen LogP contribution in [0.2, 0.25) is 0 Å². The Hall–Kier alpha value is -1.85. The van der Waals surface area contributed by atoms with Crippen LogP contribution < -0.4 is 0 Å². The van der Waals surface area contributed by atoms with Gasteiger partial charge in [0.2, 0.25) is 6.29 Å². The molecule has 0 radical (unpaired) electrons. The maximum atomic E-state index is 12.4. The number of benzene rings is 1. The van der Waals surface area contributed by atoms with E-state index < -0.39 is 6.29 Å². The van der Waals surface area contributed by atoms with Crippen LogP contribution in [-0.4, -0.2) is 49.5 Å². The lowest BCUT2D eigenvalue weighted by Gasteiger charge is -2.37. The van der Waals surface area contributed by atoms with E-state index in [0.717, 1.165) is 12.0 Å². The summed E-state index contributed by atoms with van der Waals surface area (Å²) in [5, 5.41) is 9.23. The smallest absolute Gasteiger partial charge is 0.288 e. The van der Waals surface area contributed by atoms with Crippen molar-refractivity contribution in [3.05, 3.63) is 47.7 Å². The topological polar surface area (TPSA) is 59.0 Å². The lowest BCUT2D eigenvalue weighted by molar-refractivity contribution is -0.169. The molecule has 5 nitrogen and oxygen atoms in total. The first-order chi connectivity index (χ1) is 11.6. The first-order valence-corrected chi connectivity index (χ1v) is 8.46. The van der Waals surface area contributed by atoms with E-state index in [9.17, 15) is 9.90 Å². The van der Waals surface area contributed by atoms with E-state index in [1.807, 2.05) is 31.2 Å². The highest BCUT2D eigenvalue weighted by Gasteiger charge is 2.37. The molecule has 2 rings (SSSR count). The molecule has 1 aliphatic rings. The molecule has 5 heteroatoms. The van der Waals surface area contributed by atoms with Crippen LogP contribution in [0.4, 0.5) is 0 Å². The van der Waals surface area contributed by atoms with Gasteiger partial charge in [0.1, 0.15) is 0 Å². The lowest BCUT2D eigenvalue weighted by atomic mass is 9.80. The second-order valence-electron chi connectivity index (χ2n) is 6.14. The van der Waals surface area contributed by atoms with E-state index in [2.05, 4.69) is 12.1 Å². The molecule has 0 fully saturated rings. The highest BCUT2D eigenvalue weighted by atomic mass is 16.7. The third-order valence-electron chi connectivity index (χ3n) is 4.21. The van der Waals surface area contributed by atoms with Crippen molar-refractivity contribution in [2.45, 2.75) is 32.0 Å². The highest BCUT2D eigenvalue weighted by Crippen LogP contribution is 2.39. The van der Waals surface area contributed by atoms with Crippen LogP contribution in [0.15, 0.2) is 42.2 Å². The largest absolute Gasteiger partial charge is 0.459 e. The van der Waals surface area contributed by atoms with E-state index in [4.69, 9.17) is 9.47 Å². The predicted octanol–water partition coefficient (Wildman–Crippen LogP) is 2.52. The minimum atomic E-state index is -0.490. The number of likely N-dealkylation sites (N-methyl/N-ethyl adjacent to an activating group) is 1. The van der Waals surface area contributed by atoms with Crippen molar-refractivity contribution in [1.29, 1.82) is 0 Å². The summed E-state index contributed by atoms with van der Waals surface area (Å²) < 4.78 is 11.7. The van der Waals surface area contributed by atoms with Crippen molar-refractivity contribution < 1.29 is 19.4 Å². The quantitative estimate of drug-likeness (QED) is 0.833. The van der Waals surface area contributed by atoms with Gasteiger partial charge in [-0.25, -0.2) is 0 Å². The summed E-state index contributed by atoms with van der Waals surface area (Å²) in [6.07, 6.45) is 2.84. The van der Waals surface area contributed by atoms with Crippen LogP contribution in [0.25, 0.3) is 0 Å². The molecular weight excluding hydrogens is 306 g/mol. The minimum Gasteiger partial charge on any atom is -0.459 e. The second-order valence-corrected chi connectivity index (χ2v) is 6.14. The third-order valence-corrected chi connectivity index (χ3v) is 4.21. The minimum absolute atomic E-state index is 0.0157. The molecule has 1 N–H and O–H groups in total. The molecule has 0 spiro atoms. The Morgan fingerprint density at radius 3 is 2.58 bits per heavy atom. The molecule has 0 bridgehead atoms. The Morgan fingerprint density at radius 2 is 2.00 bits per heavy atom. The standard InChI is InChI=1S/C19H27NO4/c1-4-23-19-15(11-8-12-21)16(14-9-6-5-7-10-14)13-17(24-19)18(22)20(2)3/h5-7,9-10,13,15-16,19,21H,4,8,11-12H2,1-3H3/t15-,16+,19+/m0/s1. The Labute approximate surface area is 143 Å². The van der Waals surface area contributed by atoms with Gasteiger partial charge in [0.15, 0.2) is 5.76 Å². The molecule has 0 saturated carbocycles. The number of aliphatic hydroxyl groups excluding tert-OH is 1. The van der Waals surface area contributed by atoms with E-state index in [1.165, 1.54) is 4.90 Å². The fourth-order valence-electron chi connectivity index (χ4n) is 3.03. The molecule has 1 heterocycles. The summed E-state index contributed by atoms with van der Waals surface area (Å²) in [6, 6.07) is 10.1. The first kappa shape index (κ1) is 18.5. The number of nitrogens with zero attached hydrogens (tertiary/aromatic N) is 1. The number of carbonyl (C=O) groups is 1. The summed E-state index contributed by atoms with van der Waals surface area (Å²) in [5.41, 5.74) is 1.12. The van der Waals surface area contributed by atoms with Crippen molar-refractivity contribution in [2.75, 3.05) is 27.3 Å². The fraction of sp³-hybridized carbons (Fsp3) is 0.526. The fourth-order valence-corrected chi connectivity index (χ4v) is 3.03. The molecule has 1 aromatic carbocycles. The number of rotatable bonds is 7. The zero-order chi connectivity index (χ0) is 17.5. The van der Waals surface area contributed by atoms with Gasteiger partial charge in [0, 0.05) is 39.1 Å². The zero-order valence-electron chi connectivity index (χ0n) is 14.6. The number of hydrogen-bond acceptors (Lipinski definition) is 4. The van der Waals surface area contributed by atoms with Gasteiger partial charge in [-0.2, -0.15) is 0 Å². The normalized spacial score (nSPS) is 23.3. The van der Waals surface area contributed by atoms with Crippen LogP contribution in [0.3, 0.4) is 0 Å². The molecule has 1 aliphatic heterocycles. The van der Waals surface area contributed by atoms with Crippen LogP contribution in [0.1, 0.15) is 31.2 Å². The molecule has 24 heavy (non-hydrogen) atoms. The molecule has 0 aromatic heterocycles. The number of amides is 1. The Morgan fingerprint density at radius 1 is 1.29 bits per heavy atom. The maximum absolute atomic E-state index is 12.4. The van der Waals surface area contributed by atoms with Crippen LogP contribution >= 0.6 is 0 Å². The maximum Gasteiger partial charge on any atom is 0.288 e. The summed E-state index contributed by atoms with van der Waals surface area (Å²) in [7, 11) is 3.41. The second kappa shape index (κ2) is 8.85. The Kier molecular flexibility index (Phi) is 6.82. The summed E-state index contributed by atoms with van der Waals surface area (Å²) in [4.78, 5) is 13.9. The number of aliphatic hydroxyl groups is 1. The van der Waals surface area contributed by atoms with Crippen LogP contribution in [0.5, 0.6) is 0 Å². The van der Waals surface area contributed by atoms with E-state index in [0.29, 0.717) is 18.8 Å². The lowest BCUT2D eigenvalue weighted by Crippen LogP contribution is -2.38. The van der Waals surface area contributed by atoms with Crippen molar-refractivity contribution in [1.82, 2.24) is 4.90 Å². The molecule has 3 atom stereocenters. The van der Waals surface area contributed by atoms with Gasteiger partial charge >= 0.3 is 0 Å². The number of allylic oxidation sites excluding steroid dienone is 1. The summed E-state index contributed by atoms with van der Waals surface area (Å²) in [6.45, 7) is 2.55. The molecule has 0 unspecified atom stereocenters. The molecular formula is C19H27NO4. The van der Waals surface area contributed by atoms with Crippen molar-refractivity contribution in [2.24, 2.45) is 5.92 Å². The van der Waals surface area contributed by atoms with Gasteiger partial charge < -0.3 is 19.5 Å². The molecule has 1 aromatic rings.